The fourth-order valence-electron chi connectivity index (χ4n) is 7.69. The van der Waals surface area contributed by atoms with E-state index in [1.807, 2.05) is 20.8 Å². The van der Waals surface area contributed by atoms with Crippen molar-refractivity contribution in [3.05, 3.63) is 11.6 Å². The predicted octanol–water partition coefficient (Wildman–Crippen LogP) is 15.1. The number of carbonyl (C=O) groups excluding carboxylic acids is 3. The van der Waals surface area contributed by atoms with Crippen LogP contribution in [0.25, 0.3) is 0 Å². The lowest BCUT2D eigenvalue weighted by atomic mass is 10.0. The van der Waals surface area contributed by atoms with Crippen LogP contribution in [0.15, 0.2) is 11.6 Å². The number of ether oxygens (including phenoxy) is 3. The summed E-state index contributed by atoms with van der Waals surface area (Å²) in [5.41, 5.74) is 0.749. The molecule has 60 heavy (non-hydrogen) atoms. The SMILES string of the molecule is CCCCCCCCC(CCCCCCCC)OC(=O)CCCCCCCN(CCCCCCCCOC(=O)C=C(CCCC)CCCC)CCCNC(=O)OC(C)(C)C. The molecule has 0 aliphatic rings. The summed E-state index contributed by atoms with van der Waals surface area (Å²) in [5, 5.41) is 2.92. The largest absolute Gasteiger partial charge is 0.463 e. The van der Waals surface area contributed by atoms with Gasteiger partial charge < -0.3 is 24.4 Å². The van der Waals surface area contributed by atoms with Crippen LogP contribution >= 0.6 is 0 Å². The Labute approximate surface area is 372 Å². The first-order valence-corrected chi connectivity index (χ1v) is 25.8. The van der Waals surface area contributed by atoms with Crippen molar-refractivity contribution < 1.29 is 28.6 Å². The number of unbranched alkanes of at least 4 members (excludes halogenated alkanes) is 21. The maximum Gasteiger partial charge on any atom is 0.407 e. The topological polar surface area (TPSA) is 94.2 Å². The fraction of sp³-hybridized carbons (Fsp3) is 0.904. The molecule has 0 heterocycles. The minimum atomic E-state index is -0.493. The first-order chi connectivity index (χ1) is 29.0. The number of rotatable bonds is 43. The van der Waals surface area contributed by atoms with Crippen LogP contribution < -0.4 is 5.32 Å². The van der Waals surface area contributed by atoms with Crippen molar-refractivity contribution in [1.29, 1.82) is 0 Å². The second-order valence-electron chi connectivity index (χ2n) is 18.7. The van der Waals surface area contributed by atoms with Crippen molar-refractivity contribution in [2.45, 2.75) is 272 Å². The summed E-state index contributed by atoms with van der Waals surface area (Å²) in [6.07, 6.45) is 39.0. The summed E-state index contributed by atoms with van der Waals surface area (Å²) in [6, 6.07) is 0. The average molecular weight is 849 g/mol. The maximum atomic E-state index is 12.9. The van der Waals surface area contributed by atoms with Gasteiger partial charge in [0.05, 0.1) is 6.61 Å². The Kier molecular flexibility index (Phi) is 40.8. The highest BCUT2D eigenvalue weighted by atomic mass is 16.6. The van der Waals surface area contributed by atoms with Crippen molar-refractivity contribution in [3.8, 4) is 0 Å². The number of nitrogens with zero attached hydrogens (tertiary/aromatic N) is 1. The van der Waals surface area contributed by atoms with E-state index in [-0.39, 0.29) is 24.1 Å². The summed E-state index contributed by atoms with van der Waals surface area (Å²) in [6.45, 7) is 18.8. The lowest BCUT2D eigenvalue weighted by molar-refractivity contribution is -0.150. The number of carbonyl (C=O) groups is 3. The lowest BCUT2D eigenvalue weighted by Gasteiger charge is -2.23. The minimum absolute atomic E-state index is 0.00780. The van der Waals surface area contributed by atoms with E-state index in [1.165, 1.54) is 108 Å². The molecule has 1 N–H and O–H groups in total. The molecule has 0 spiro atoms. The summed E-state index contributed by atoms with van der Waals surface area (Å²) in [4.78, 5) is 39.9. The van der Waals surface area contributed by atoms with Crippen LogP contribution in [-0.4, -0.2) is 67.4 Å². The van der Waals surface area contributed by atoms with Gasteiger partial charge in [0, 0.05) is 19.0 Å². The van der Waals surface area contributed by atoms with Gasteiger partial charge in [0.1, 0.15) is 11.7 Å². The fourth-order valence-corrected chi connectivity index (χ4v) is 7.69. The van der Waals surface area contributed by atoms with E-state index < -0.39 is 5.60 Å². The molecule has 0 aromatic heterocycles. The number of hydrogen-bond donors (Lipinski definition) is 1. The first kappa shape index (κ1) is 57.9. The van der Waals surface area contributed by atoms with Crippen LogP contribution in [0.2, 0.25) is 0 Å². The molecule has 0 aromatic rings. The molecule has 0 aromatic carbocycles. The number of alkyl carbamates (subject to hydrolysis) is 1. The maximum absolute atomic E-state index is 12.9. The second kappa shape index (κ2) is 42.2. The Balaban J connectivity index is 4.57. The van der Waals surface area contributed by atoms with E-state index in [0.717, 1.165) is 122 Å². The number of hydrogen-bond acceptors (Lipinski definition) is 7. The van der Waals surface area contributed by atoms with Crippen LogP contribution in [0.3, 0.4) is 0 Å². The molecule has 0 unspecified atom stereocenters. The molecular formula is C52H100N2O6. The molecule has 0 bridgehead atoms. The van der Waals surface area contributed by atoms with Crippen molar-refractivity contribution >= 4 is 18.0 Å². The van der Waals surface area contributed by atoms with Crippen molar-refractivity contribution in [1.82, 2.24) is 10.2 Å². The molecule has 0 atom stereocenters. The van der Waals surface area contributed by atoms with Crippen LogP contribution in [-0.2, 0) is 23.8 Å². The Bertz CT molecular complexity index is 998. The Hall–Kier alpha value is -2.09. The van der Waals surface area contributed by atoms with Gasteiger partial charge >= 0.3 is 18.0 Å². The number of esters is 2. The van der Waals surface area contributed by atoms with Gasteiger partial charge in [-0.1, -0.05) is 155 Å². The highest BCUT2D eigenvalue weighted by Crippen LogP contribution is 2.19. The number of allylic oxidation sites excluding steroid dienone is 1. The van der Waals surface area contributed by atoms with Crippen LogP contribution in [0.5, 0.6) is 0 Å². The third-order valence-corrected chi connectivity index (χ3v) is 11.4. The third-order valence-electron chi connectivity index (χ3n) is 11.4. The van der Waals surface area contributed by atoms with Crippen molar-refractivity contribution in [2.24, 2.45) is 0 Å². The zero-order chi connectivity index (χ0) is 44.4. The summed E-state index contributed by atoms with van der Waals surface area (Å²) in [5.74, 6) is -0.159. The molecule has 8 nitrogen and oxygen atoms in total. The first-order valence-electron chi connectivity index (χ1n) is 25.8. The van der Waals surface area contributed by atoms with Gasteiger partial charge in [-0.3, -0.25) is 4.79 Å². The van der Waals surface area contributed by atoms with E-state index >= 15 is 0 Å². The van der Waals surface area contributed by atoms with Gasteiger partial charge in [0.25, 0.3) is 0 Å². The van der Waals surface area contributed by atoms with E-state index in [9.17, 15) is 14.4 Å². The molecule has 0 radical (unpaired) electrons. The molecule has 8 heteroatoms. The molecular weight excluding hydrogens is 749 g/mol. The van der Waals surface area contributed by atoms with Gasteiger partial charge in [-0.2, -0.15) is 0 Å². The number of nitrogens with one attached hydrogen (secondary N) is 1. The second-order valence-corrected chi connectivity index (χ2v) is 18.7. The van der Waals surface area contributed by atoms with Gasteiger partial charge in [0.2, 0.25) is 0 Å². The van der Waals surface area contributed by atoms with Gasteiger partial charge in [0.15, 0.2) is 0 Å². The highest BCUT2D eigenvalue weighted by molar-refractivity contribution is 5.82. The molecule has 0 fully saturated rings. The van der Waals surface area contributed by atoms with Gasteiger partial charge in [-0.25, -0.2) is 9.59 Å². The average Bonchev–Trinajstić information content (AvgIpc) is 3.20. The summed E-state index contributed by atoms with van der Waals surface area (Å²) < 4.78 is 17.0. The zero-order valence-corrected chi connectivity index (χ0v) is 40.9. The minimum Gasteiger partial charge on any atom is -0.463 e. The Morgan fingerprint density at radius 2 is 0.983 bits per heavy atom. The van der Waals surface area contributed by atoms with E-state index in [2.05, 4.69) is 37.9 Å². The van der Waals surface area contributed by atoms with Crippen LogP contribution in [0.1, 0.15) is 260 Å². The van der Waals surface area contributed by atoms with Crippen molar-refractivity contribution in [2.75, 3.05) is 32.8 Å². The Morgan fingerprint density at radius 1 is 0.533 bits per heavy atom. The van der Waals surface area contributed by atoms with E-state index in [0.29, 0.717) is 19.6 Å². The van der Waals surface area contributed by atoms with Gasteiger partial charge in [-0.05, 0) is 124 Å². The molecule has 0 saturated heterocycles. The third kappa shape index (κ3) is 41.3. The molecule has 354 valence electrons. The summed E-state index contributed by atoms with van der Waals surface area (Å²) >= 11 is 0. The zero-order valence-electron chi connectivity index (χ0n) is 40.9. The highest BCUT2D eigenvalue weighted by Gasteiger charge is 2.16. The van der Waals surface area contributed by atoms with Gasteiger partial charge in [-0.15, -0.1) is 0 Å². The molecule has 1 amide bonds. The van der Waals surface area contributed by atoms with Crippen LogP contribution in [0.4, 0.5) is 4.79 Å². The normalized spacial score (nSPS) is 11.6. The van der Waals surface area contributed by atoms with Crippen molar-refractivity contribution in [3.63, 3.8) is 0 Å². The monoisotopic (exact) mass is 849 g/mol. The molecule has 0 rings (SSSR count). The Morgan fingerprint density at radius 3 is 1.50 bits per heavy atom. The smallest absolute Gasteiger partial charge is 0.407 e. The van der Waals surface area contributed by atoms with Crippen LogP contribution in [0, 0.1) is 0 Å². The van der Waals surface area contributed by atoms with E-state index in [4.69, 9.17) is 14.2 Å². The summed E-state index contributed by atoms with van der Waals surface area (Å²) in [7, 11) is 0. The predicted molar refractivity (Wildman–Crippen MR) is 255 cm³/mol. The molecule has 0 aliphatic heterocycles. The quantitative estimate of drug-likeness (QED) is 0.0283. The molecule has 0 aliphatic carbocycles. The standard InChI is InChI=1S/C52H100N2O6/c1-8-12-16-18-23-29-38-48(39-30-24-19-17-13-9-2)59-49(55)40-31-25-22-27-33-43-54(44-35-41-53-51(57)60-52(5,6)7)42-32-26-20-21-28-34-45-58-50(56)46-47(36-14-10-3)37-15-11-4/h46,48H,8-45H2,1-7H3,(H,53,57). The number of amides is 1. The van der Waals surface area contributed by atoms with E-state index in [1.54, 1.807) is 6.08 Å². The lowest BCUT2D eigenvalue weighted by Crippen LogP contribution is -2.35. The molecule has 0 saturated carbocycles.